The van der Waals surface area contributed by atoms with Gasteiger partial charge in [0.2, 0.25) is 0 Å². The molecule has 0 fully saturated rings. The van der Waals surface area contributed by atoms with E-state index in [9.17, 15) is 5.11 Å². The van der Waals surface area contributed by atoms with Crippen LogP contribution in [0.3, 0.4) is 0 Å². The van der Waals surface area contributed by atoms with E-state index in [0.29, 0.717) is 18.5 Å². The molecule has 5 nitrogen and oxygen atoms in total. The summed E-state index contributed by atoms with van der Waals surface area (Å²) in [7, 11) is 1.62. The lowest BCUT2D eigenvalue weighted by molar-refractivity contribution is 0.186. The minimum Gasteiger partial charge on any atom is -0.497 e. The van der Waals surface area contributed by atoms with Gasteiger partial charge >= 0.3 is 0 Å². The van der Waals surface area contributed by atoms with E-state index in [1.807, 2.05) is 31.2 Å². The average molecular weight is 307 g/mol. The van der Waals surface area contributed by atoms with Crippen LogP contribution in [0.1, 0.15) is 39.4 Å². The third kappa shape index (κ3) is 5.93. The average Bonchev–Trinajstić information content (AvgIpc) is 2.52. The van der Waals surface area contributed by atoms with E-state index in [2.05, 4.69) is 36.4 Å². The van der Waals surface area contributed by atoms with Gasteiger partial charge in [-0.15, -0.1) is 0 Å². The lowest BCUT2D eigenvalue weighted by Gasteiger charge is -2.21. The number of aliphatic hydroxyl groups excluding tert-OH is 1. The van der Waals surface area contributed by atoms with Crippen molar-refractivity contribution in [2.24, 2.45) is 10.9 Å². The Morgan fingerprint density at radius 2 is 2.05 bits per heavy atom. The molecular weight excluding hydrogens is 278 g/mol. The summed E-state index contributed by atoms with van der Waals surface area (Å²) in [5, 5.41) is 16.8. The number of nitrogens with one attached hydrogen (secondary N) is 2. The third-order valence-electron chi connectivity index (χ3n) is 3.61. The van der Waals surface area contributed by atoms with Crippen LogP contribution >= 0.6 is 0 Å². The normalized spacial score (nSPS) is 14.6. The van der Waals surface area contributed by atoms with Gasteiger partial charge in [0, 0.05) is 12.6 Å². The first kappa shape index (κ1) is 18.3. The molecule has 0 aliphatic heterocycles. The Kier molecular flexibility index (Phi) is 7.74. The Morgan fingerprint density at radius 3 is 2.64 bits per heavy atom. The first-order valence-electron chi connectivity index (χ1n) is 7.84. The van der Waals surface area contributed by atoms with Crippen LogP contribution in [0, 0.1) is 5.92 Å². The molecule has 0 aromatic heterocycles. The summed E-state index contributed by atoms with van der Waals surface area (Å²) in [5.74, 6) is 1.97. The summed E-state index contributed by atoms with van der Waals surface area (Å²) in [6.07, 6.45) is -0.653. The van der Waals surface area contributed by atoms with Crippen molar-refractivity contribution in [1.82, 2.24) is 10.6 Å². The Labute approximate surface area is 133 Å². The summed E-state index contributed by atoms with van der Waals surface area (Å²) >= 11 is 0. The monoisotopic (exact) mass is 307 g/mol. The fourth-order valence-corrected chi connectivity index (χ4v) is 1.83. The summed E-state index contributed by atoms with van der Waals surface area (Å²) in [4.78, 5) is 4.47. The number of guanidine groups is 1. The van der Waals surface area contributed by atoms with E-state index >= 15 is 0 Å². The van der Waals surface area contributed by atoms with Crippen molar-refractivity contribution in [3.63, 3.8) is 0 Å². The number of hydrogen-bond acceptors (Lipinski definition) is 3. The van der Waals surface area contributed by atoms with Crippen LogP contribution in [-0.2, 0) is 0 Å². The number of hydrogen-bond donors (Lipinski definition) is 3. The van der Waals surface area contributed by atoms with Crippen molar-refractivity contribution in [1.29, 1.82) is 0 Å². The Bertz CT molecular complexity index is 475. The van der Waals surface area contributed by atoms with Crippen LogP contribution in [0.25, 0.3) is 0 Å². The molecule has 0 aliphatic rings. The van der Waals surface area contributed by atoms with Crippen molar-refractivity contribution in [2.75, 3.05) is 20.2 Å². The second-order valence-electron chi connectivity index (χ2n) is 5.69. The second-order valence-corrected chi connectivity index (χ2v) is 5.69. The van der Waals surface area contributed by atoms with Gasteiger partial charge in [-0.1, -0.05) is 26.0 Å². The molecule has 0 saturated carbocycles. The van der Waals surface area contributed by atoms with Gasteiger partial charge in [0.1, 0.15) is 5.75 Å². The maximum atomic E-state index is 10.3. The van der Waals surface area contributed by atoms with E-state index in [1.54, 1.807) is 7.11 Å². The van der Waals surface area contributed by atoms with E-state index in [-0.39, 0.29) is 0 Å². The summed E-state index contributed by atoms with van der Waals surface area (Å²) < 4.78 is 5.18. The maximum absolute atomic E-state index is 10.3. The van der Waals surface area contributed by atoms with E-state index in [4.69, 9.17) is 4.74 Å². The number of nitrogens with zero attached hydrogens (tertiary/aromatic N) is 1. The molecule has 1 aromatic rings. The zero-order valence-corrected chi connectivity index (χ0v) is 14.3. The number of benzene rings is 1. The standard InChI is InChI=1S/C17H29N3O2/c1-6-18-17(20-13(4)12(2)3)19-11-16(21)14-8-7-9-15(10-14)22-5/h7-10,12-13,16,21H,6,11H2,1-5H3,(H2,18,19,20). The minimum atomic E-state index is -0.653. The van der Waals surface area contributed by atoms with E-state index in [1.165, 1.54) is 0 Å². The van der Waals surface area contributed by atoms with Gasteiger partial charge in [-0.3, -0.25) is 4.99 Å². The number of methoxy groups -OCH3 is 1. The quantitative estimate of drug-likeness (QED) is 0.534. The number of rotatable bonds is 7. The topological polar surface area (TPSA) is 65.9 Å². The maximum Gasteiger partial charge on any atom is 0.191 e. The molecule has 124 valence electrons. The first-order valence-corrected chi connectivity index (χ1v) is 7.84. The lowest BCUT2D eigenvalue weighted by atomic mass is 10.1. The molecule has 0 amide bonds. The largest absolute Gasteiger partial charge is 0.497 e. The SMILES string of the molecule is CCNC(=NCC(O)c1cccc(OC)c1)NC(C)C(C)C. The zero-order valence-electron chi connectivity index (χ0n) is 14.3. The summed E-state index contributed by atoms with van der Waals surface area (Å²) in [6.45, 7) is 9.55. The third-order valence-corrected chi connectivity index (χ3v) is 3.61. The van der Waals surface area contributed by atoms with Gasteiger partial charge in [0.15, 0.2) is 5.96 Å². The highest BCUT2D eigenvalue weighted by atomic mass is 16.5. The molecule has 0 saturated heterocycles. The van der Waals surface area contributed by atoms with Crippen LogP contribution < -0.4 is 15.4 Å². The molecule has 0 spiro atoms. The van der Waals surface area contributed by atoms with Gasteiger partial charge in [-0.05, 0) is 37.5 Å². The van der Waals surface area contributed by atoms with Crippen molar-refractivity contribution >= 4 is 5.96 Å². The van der Waals surface area contributed by atoms with Gasteiger partial charge in [0.05, 0.1) is 19.8 Å². The van der Waals surface area contributed by atoms with Gasteiger partial charge < -0.3 is 20.5 Å². The molecule has 0 aliphatic carbocycles. The van der Waals surface area contributed by atoms with Gasteiger partial charge in [0.25, 0.3) is 0 Å². The van der Waals surface area contributed by atoms with E-state index in [0.717, 1.165) is 23.8 Å². The lowest BCUT2D eigenvalue weighted by Crippen LogP contribution is -2.44. The summed E-state index contributed by atoms with van der Waals surface area (Å²) in [6, 6.07) is 7.74. The molecule has 2 atom stereocenters. The Hall–Kier alpha value is -1.75. The van der Waals surface area contributed by atoms with Crippen molar-refractivity contribution in [3.8, 4) is 5.75 Å². The van der Waals surface area contributed by atoms with Crippen molar-refractivity contribution in [3.05, 3.63) is 29.8 Å². The highest BCUT2D eigenvalue weighted by molar-refractivity contribution is 5.80. The fourth-order valence-electron chi connectivity index (χ4n) is 1.83. The predicted octanol–water partition coefficient (Wildman–Crippen LogP) is 2.33. The molecule has 1 rings (SSSR count). The highest BCUT2D eigenvalue weighted by Crippen LogP contribution is 2.19. The van der Waals surface area contributed by atoms with Crippen molar-refractivity contribution < 1.29 is 9.84 Å². The molecular formula is C17H29N3O2. The molecule has 1 aromatic carbocycles. The molecule has 0 bridgehead atoms. The van der Waals surface area contributed by atoms with Crippen LogP contribution in [0.2, 0.25) is 0 Å². The molecule has 3 N–H and O–H groups in total. The zero-order chi connectivity index (χ0) is 16.5. The van der Waals surface area contributed by atoms with E-state index < -0.39 is 6.10 Å². The molecule has 0 radical (unpaired) electrons. The number of aliphatic hydroxyl groups is 1. The van der Waals surface area contributed by atoms with Gasteiger partial charge in [-0.2, -0.15) is 0 Å². The molecule has 5 heteroatoms. The van der Waals surface area contributed by atoms with Crippen molar-refractivity contribution in [2.45, 2.75) is 39.8 Å². The van der Waals surface area contributed by atoms with Crippen LogP contribution in [0.5, 0.6) is 5.75 Å². The van der Waals surface area contributed by atoms with Crippen LogP contribution in [0.15, 0.2) is 29.3 Å². The highest BCUT2D eigenvalue weighted by Gasteiger charge is 2.11. The number of aliphatic imine (C=N–C) groups is 1. The first-order chi connectivity index (χ1) is 10.5. The molecule has 22 heavy (non-hydrogen) atoms. The summed E-state index contributed by atoms with van der Waals surface area (Å²) in [5.41, 5.74) is 0.802. The smallest absolute Gasteiger partial charge is 0.191 e. The Balaban J connectivity index is 2.71. The second kappa shape index (κ2) is 9.30. The predicted molar refractivity (Wildman–Crippen MR) is 91.4 cm³/mol. The Morgan fingerprint density at radius 1 is 1.32 bits per heavy atom. The minimum absolute atomic E-state index is 0.299. The van der Waals surface area contributed by atoms with Crippen LogP contribution in [0.4, 0.5) is 0 Å². The van der Waals surface area contributed by atoms with Crippen LogP contribution in [-0.4, -0.2) is 37.3 Å². The molecule has 2 unspecified atom stereocenters. The molecule has 0 heterocycles. The number of ether oxygens (including phenoxy) is 1. The fraction of sp³-hybridized carbons (Fsp3) is 0.588. The van der Waals surface area contributed by atoms with Gasteiger partial charge in [-0.25, -0.2) is 0 Å².